The first-order valence-corrected chi connectivity index (χ1v) is 8.51. The Kier molecular flexibility index (Phi) is 5.57. The molecule has 1 heterocycles. The predicted molar refractivity (Wildman–Crippen MR) is 103 cm³/mol. The Morgan fingerprint density at radius 1 is 1.08 bits per heavy atom. The summed E-state index contributed by atoms with van der Waals surface area (Å²) in [6.07, 6.45) is 0.907. The lowest BCUT2D eigenvalue weighted by atomic mass is 10.1. The van der Waals surface area contributed by atoms with E-state index < -0.39 is 0 Å². The van der Waals surface area contributed by atoms with Gasteiger partial charge in [-0.1, -0.05) is 24.3 Å². The normalized spacial score (nSPS) is 10.5. The maximum Gasteiger partial charge on any atom is 0.222 e. The lowest BCUT2D eigenvalue weighted by molar-refractivity contribution is -0.114. The largest absolute Gasteiger partial charge is 0.312 e. The molecule has 26 heavy (non-hydrogen) atoms. The fourth-order valence-electron chi connectivity index (χ4n) is 2.73. The molecule has 0 bridgehead atoms. The number of hydrogen-bond acceptors (Lipinski definition) is 4. The van der Waals surface area contributed by atoms with Crippen LogP contribution in [0.25, 0.3) is 10.9 Å². The van der Waals surface area contributed by atoms with Crippen molar-refractivity contribution >= 4 is 22.6 Å². The second kappa shape index (κ2) is 8.24. The van der Waals surface area contributed by atoms with Gasteiger partial charge in [0.15, 0.2) is 0 Å². The van der Waals surface area contributed by atoms with E-state index in [0.29, 0.717) is 11.4 Å². The smallest absolute Gasteiger partial charge is 0.222 e. The highest BCUT2D eigenvalue weighted by Gasteiger charge is 2.02. The van der Waals surface area contributed by atoms with Crippen LogP contribution < -0.4 is 10.6 Å². The van der Waals surface area contributed by atoms with Gasteiger partial charge in [0.1, 0.15) is 5.82 Å². The molecule has 0 unspecified atom stereocenters. The lowest BCUT2D eigenvalue weighted by Crippen LogP contribution is -2.16. The first kappa shape index (κ1) is 17.6. The molecule has 2 aromatic carbocycles. The Morgan fingerprint density at radius 3 is 2.54 bits per heavy atom. The average Bonchev–Trinajstić information content (AvgIpc) is 2.65. The molecule has 3 rings (SSSR count). The van der Waals surface area contributed by atoms with Gasteiger partial charge in [-0.2, -0.15) is 5.26 Å². The zero-order valence-corrected chi connectivity index (χ0v) is 14.6. The van der Waals surface area contributed by atoms with E-state index in [2.05, 4.69) is 27.8 Å². The van der Waals surface area contributed by atoms with Crippen molar-refractivity contribution in [1.29, 1.82) is 5.26 Å². The molecule has 0 aliphatic heterocycles. The van der Waals surface area contributed by atoms with E-state index in [1.807, 2.05) is 42.5 Å². The molecule has 1 aromatic heterocycles. The number of rotatable bonds is 6. The molecule has 0 aliphatic carbocycles. The number of pyridine rings is 1. The van der Waals surface area contributed by atoms with Gasteiger partial charge in [0.25, 0.3) is 0 Å². The van der Waals surface area contributed by atoms with Crippen LogP contribution in [-0.2, 0) is 17.8 Å². The minimum absolute atomic E-state index is 0.127. The fourth-order valence-corrected chi connectivity index (χ4v) is 2.73. The molecule has 0 fully saturated rings. The van der Waals surface area contributed by atoms with Gasteiger partial charge >= 0.3 is 0 Å². The second-order valence-corrected chi connectivity index (χ2v) is 6.14. The maximum absolute atomic E-state index is 11.2. The van der Waals surface area contributed by atoms with Crippen molar-refractivity contribution in [2.24, 2.45) is 0 Å². The molecule has 0 atom stereocenters. The van der Waals surface area contributed by atoms with E-state index in [-0.39, 0.29) is 5.91 Å². The molecular formula is C21H20N4O. The van der Waals surface area contributed by atoms with Crippen LogP contribution in [0.3, 0.4) is 0 Å². The summed E-state index contributed by atoms with van der Waals surface area (Å²) >= 11 is 0. The van der Waals surface area contributed by atoms with E-state index >= 15 is 0 Å². The number of nitriles is 1. The van der Waals surface area contributed by atoms with E-state index in [9.17, 15) is 4.79 Å². The highest BCUT2D eigenvalue weighted by molar-refractivity contribution is 5.89. The first-order valence-electron chi connectivity index (χ1n) is 8.51. The third kappa shape index (κ3) is 4.65. The number of fused-ring (bicyclic) bond motifs is 1. The highest BCUT2D eigenvalue weighted by atomic mass is 16.1. The summed E-state index contributed by atoms with van der Waals surface area (Å²) in [5.74, 6) is 0.438. The first-order chi connectivity index (χ1) is 12.6. The minimum atomic E-state index is -0.127. The van der Waals surface area contributed by atoms with Gasteiger partial charge < -0.3 is 10.6 Å². The number of nitrogens with zero attached hydrogens (tertiary/aromatic N) is 2. The van der Waals surface area contributed by atoms with Gasteiger partial charge in [-0.3, -0.25) is 4.79 Å². The third-order valence-electron chi connectivity index (χ3n) is 4.06. The zero-order chi connectivity index (χ0) is 18.4. The molecule has 5 nitrogen and oxygen atoms in total. The van der Waals surface area contributed by atoms with Crippen LogP contribution >= 0.6 is 0 Å². The molecule has 0 spiro atoms. The van der Waals surface area contributed by atoms with Crippen LogP contribution in [-0.4, -0.2) is 17.4 Å². The molecule has 2 N–H and O–H groups in total. The Labute approximate surface area is 152 Å². The molecular weight excluding hydrogens is 324 g/mol. The zero-order valence-electron chi connectivity index (χ0n) is 14.6. The van der Waals surface area contributed by atoms with E-state index in [4.69, 9.17) is 5.26 Å². The Balaban J connectivity index is 1.57. The molecule has 0 saturated heterocycles. The van der Waals surface area contributed by atoms with Crippen LogP contribution in [0.4, 0.5) is 5.82 Å². The lowest BCUT2D eigenvalue weighted by Gasteiger charge is -2.08. The van der Waals surface area contributed by atoms with Crippen LogP contribution in [0, 0.1) is 11.3 Å². The standard InChI is InChI=1S/C21H20N4O/c1-15(26)24-21-9-8-19-7-6-18(12-20(19)25-21)14-23-11-10-16-2-4-17(13-22)5-3-16/h2-9,12,23H,10-11,14H2,1H3,(H,24,25,26). The monoisotopic (exact) mass is 344 g/mol. The van der Waals surface area contributed by atoms with Gasteiger partial charge in [-0.15, -0.1) is 0 Å². The van der Waals surface area contributed by atoms with Gasteiger partial charge in [0, 0.05) is 18.9 Å². The molecule has 3 aromatic rings. The Morgan fingerprint density at radius 2 is 1.81 bits per heavy atom. The number of hydrogen-bond donors (Lipinski definition) is 2. The summed E-state index contributed by atoms with van der Waals surface area (Å²) < 4.78 is 0. The Bertz CT molecular complexity index is 958. The number of carbonyl (C=O) groups excluding carboxylic acids is 1. The van der Waals surface area contributed by atoms with Crippen molar-refractivity contribution in [3.63, 3.8) is 0 Å². The average molecular weight is 344 g/mol. The summed E-state index contributed by atoms with van der Waals surface area (Å²) in [7, 11) is 0. The van der Waals surface area contributed by atoms with Crippen molar-refractivity contribution in [3.05, 3.63) is 71.3 Å². The molecule has 1 amide bonds. The summed E-state index contributed by atoms with van der Waals surface area (Å²) in [4.78, 5) is 15.6. The van der Waals surface area contributed by atoms with Gasteiger partial charge in [-0.05, 0) is 54.4 Å². The fraction of sp³-hybridized carbons (Fsp3) is 0.190. The van der Waals surface area contributed by atoms with E-state index in [0.717, 1.165) is 36.0 Å². The van der Waals surface area contributed by atoms with Crippen LogP contribution in [0.2, 0.25) is 0 Å². The van der Waals surface area contributed by atoms with Crippen molar-refractivity contribution in [2.75, 3.05) is 11.9 Å². The summed E-state index contributed by atoms with van der Waals surface area (Å²) in [5.41, 5.74) is 3.90. The summed E-state index contributed by atoms with van der Waals surface area (Å²) in [6.45, 7) is 3.07. The number of anilines is 1. The predicted octanol–water partition coefficient (Wildman–Crippen LogP) is 3.40. The number of amides is 1. The second-order valence-electron chi connectivity index (χ2n) is 6.14. The van der Waals surface area contributed by atoms with Crippen molar-refractivity contribution in [1.82, 2.24) is 10.3 Å². The number of aromatic nitrogens is 1. The topological polar surface area (TPSA) is 77.8 Å². The van der Waals surface area contributed by atoms with Gasteiger partial charge in [0.2, 0.25) is 5.91 Å². The number of carbonyl (C=O) groups is 1. The quantitative estimate of drug-likeness (QED) is 0.672. The summed E-state index contributed by atoms with van der Waals surface area (Å²) in [5, 5.41) is 16.0. The number of nitrogens with one attached hydrogen (secondary N) is 2. The molecule has 0 saturated carbocycles. The summed E-state index contributed by atoms with van der Waals surface area (Å²) in [6, 6.07) is 19.7. The van der Waals surface area contributed by atoms with Crippen molar-refractivity contribution < 1.29 is 4.79 Å². The van der Waals surface area contributed by atoms with Gasteiger partial charge in [-0.25, -0.2) is 4.98 Å². The minimum Gasteiger partial charge on any atom is -0.312 e. The third-order valence-corrected chi connectivity index (χ3v) is 4.06. The van der Waals surface area contributed by atoms with Gasteiger partial charge in [0.05, 0.1) is 17.1 Å². The van der Waals surface area contributed by atoms with Crippen LogP contribution in [0.15, 0.2) is 54.6 Å². The SMILES string of the molecule is CC(=O)Nc1ccc2ccc(CNCCc3ccc(C#N)cc3)cc2n1. The van der Waals surface area contributed by atoms with Crippen molar-refractivity contribution in [3.8, 4) is 6.07 Å². The maximum atomic E-state index is 11.2. The molecule has 5 heteroatoms. The van der Waals surface area contributed by atoms with Crippen molar-refractivity contribution in [2.45, 2.75) is 19.9 Å². The molecule has 0 radical (unpaired) electrons. The molecule has 130 valence electrons. The van der Waals surface area contributed by atoms with E-state index in [1.165, 1.54) is 12.5 Å². The van der Waals surface area contributed by atoms with Crippen LogP contribution in [0.5, 0.6) is 0 Å². The Hall–Kier alpha value is -3.23. The molecule has 0 aliphatic rings. The number of benzene rings is 2. The van der Waals surface area contributed by atoms with E-state index in [1.54, 1.807) is 6.07 Å². The van der Waals surface area contributed by atoms with Crippen LogP contribution in [0.1, 0.15) is 23.6 Å². The highest BCUT2D eigenvalue weighted by Crippen LogP contribution is 2.17.